The van der Waals surface area contributed by atoms with E-state index in [1.165, 1.54) is 5.56 Å². The quantitative estimate of drug-likeness (QED) is 0.885. The van der Waals surface area contributed by atoms with Gasteiger partial charge in [0, 0.05) is 12.8 Å². The standard InChI is InChI=1S/C13H17N3O2S2/c1-9(10-6-4-3-5-7-10)8-15-13-11(20(2,17)18)12(14)16-19-13/h3-7,9,15H,8H2,1-2H3,(H2,14,16). The van der Waals surface area contributed by atoms with E-state index in [1.54, 1.807) is 0 Å². The molecule has 1 unspecified atom stereocenters. The number of nitrogen functional groups attached to an aromatic ring is 1. The largest absolute Gasteiger partial charge is 0.382 e. The summed E-state index contributed by atoms with van der Waals surface area (Å²) >= 11 is 1.07. The van der Waals surface area contributed by atoms with Crippen LogP contribution in [0.15, 0.2) is 35.2 Å². The number of anilines is 2. The molecule has 2 rings (SSSR count). The first kappa shape index (κ1) is 14.8. The Morgan fingerprint density at radius 3 is 2.60 bits per heavy atom. The van der Waals surface area contributed by atoms with E-state index in [9.17, 15) is 8.42 Å². The van der Waals surface area contributed by atoms with E-state index in [0.717, 1.165) is 17.8 Å². The average Bonchev–Trinajstić information content (AvgIpc) is 2.78. The molecule has 108 valence electrons. The maximum atomic E-state index is 11.7. The molecule has 0 saturated carbocycles. The summed E-state index contributed by atoms with van der Waals surface area (Å²) in [6.07, 6.45) is 1.14. The van der Waals surface area contributed by atoms with Crippen LogP contribution in [0.1, 0.15) is 18.4 Å². The molecular weight excluding hydrogens is 294 g/mol. The van der Waals surface area contributed by atoms with Gasteiger partial charge in [0.05, 0.1) is 0 Å². The maximum Gasteiger partial charge on any atom is 0.182 e. The summed E-state index contributed by atoms with van der Waals surface area (Å²) in [6, 6.07) is 10.0. The van der Waals surface area contributed by atoms with Crippen LogP contribution in [-0.2, 0) is 9.84 Å². The van der Waals surface area contributed by atoms with E-state index in [0.29, 0.717) is 11.5 Å². The molecule has 0 spiro atoms. The first-order valence-electron chi connectivity index (χ1n) is 6.13. The summed E-state index contributed by atoms with van der Waals surface area (Å²) in [5.74, 6) is 0.319. The molecule has 5 nitrogen and oxygen atoms in total. The van der Waals surface area contributed by atoms with Gasteiger partial charge in [0.2, 0.25) is 0 Å². The molecule has 7 heteroatoms. The topological polar surface area (TPSA) is 85.1 Å². The number of nitrogens with two attached hydrogens (primary N) is 1. The monoisotopic (exact) mass is 311 g/mol. The van der Waals surface area contributed by atoms with Crippen LogP contribution in [0.4, 0.5) is 10.8 Å². The molecule has 1 atom stereocenters. The molecule has 1 aromatic heterocycles. The smallest absolute Gasteiger partial charge is 0.182 e. The average molecular weight is 311 g/mol. The van der Waals surface area contributed by atoms with Gasteiger partial charge in [-0.2, -0.15) is 4.37 Å². The molecule has 0 saturated heterocycles. The lowest BCUT2D eigenvalue weighted by molar-refractivity contribution is 0.602. The highest BCUT2D eigenvalue weighted by Gasteiger charge is 2.21. The minimum atomic E-state index is -3.37. The van der Waals surface area contributed by atoms with Gasteiger partial charge in [-0.05, 0) is 23.0 Å². The molecule has 3 N–H and O–H groups in total. The molecule has 1 heterocycles. The molecule has 0 radical (unpaired) electrons. The second-order valence-electron chi connectivity index (χ2n) is 4.69. The maximum absolute atomic E-state index is 11.7. The number of aromatic nitrogens is 1. The van der Waals surface area contributed by atoms with Crippen molar-refractivity contribution < 1.29 is 8.42 Å². The van der Waals surface area contributed by atoms with Crippen LogP contribution in [0.25, 0.3) is 0 Å². The Labute approximate surface area is 122 Å². The second-order valence-corrected chi connectivity index (χ2v) is 7.42. The van der Waals surface area contributed by atoms with Gasteiger partial charge in [-0.1, -0.05) is 37.3 Å². The van der Waals surface area contributed by atoms with Crippen LogP contribution in [-0.4, -0.2) is 25.6 Å². The van der Waals surface area contributed by atoms with Gasteiger partial charge in [0.15, 0.2) is 15.7 Å². The zero-order valence-corrected chi connectivity index (χ0v) is 13.0. The Kier molecular flexibility index (Phi) is 4.29. The molecule has 0 aliphatic rings. The second kappa shape index (κ2) is 5.80. The highest BCUT2D eigenvalue weighted by Crippen LogP contribution is 2.31. The molecule has 2 aromatic rings. The minimum Gasteiger partial charge on any atom is -0.382 e. The summed E-state index contributed by atoms with van der Waals surface area (Å²) in [5.41, 5.74) is 6.82. The third-order valence-electron chi connectivity index (χ3n) is 2.98. The number of rotatable bonds is 5. The van der Waals surface area contributed by atoms with Crippen molar-refractivity contribution in [1.29, 1.82) is 0 Å². The van der Waals surface area contributed by atoms with Crippen molar-refractivity contribution in [3.05, 3.63) is 35.9 Å². The van der Waals surface area contributed by atoms with Crippen LogP contribution >= 0.6 is 11.5 Å². The number of benzene rings is 1. The van der Waals surface area contributed by atoms with Crippen molar-refractivity contribution in [1.82, 2.24) is 4.37 Å². The van der Waals surface area contributed by atoms with Crippen molar-refractivity contribution in [2.75, 3.05) is 23.9 Å². The van der Waals surface area contributed by atoms with Crippen LogP contribution in [0.3, 0.4) is 0 Å². The van der Waals surface area contributed by atoms with Gasteiger partial charge in [0.1, 0.15) is 9.90 Å². The number of nitrogens with one attached hydrogen (secondary N) is 1. The Bertz CT molecular complexity index is 681. The third kappa shape index (κ3) is 3.29. The summed E-state index contributed by atoms with van der Waals surface area (Å²) in [6.45, 7) is 2.70. The summed E-state index contributed by atoms with van der Waals surface area (Å²) in [5, 5.41) is 3.64. The number of nitrogens with zero attached hydrogens (tertiary/aromatic N) is 1. The Balaban J connectivity index is 2.13. The van der Waals surface area contributed by atoms with Crippen LogP contribution in [0.2, 0.25) is 0 Å². The minimum absolute atomic E-state index is 0.0624. The molecule has 0 amide bonds. The Morgan fingerprint density at radius 1 is 1.35 bits per heavy atom. The van der Waals surface area contributed by atoms with Crippen LogP contribution in [0.5, 0.6) is 0 Å². The molecule has 0 aliphatic heterocycles. The highest BCUT2D eigenvalue weighted by atomic mass is 32.2. The van der Waals surface area contributed by atoms with Crippen LogP contribution < -0.4 is 11.1 Å². The van der Waals surface area contributed by atoms with Gasteiger partial charge in [-0.3, -0.25) is 0 Å². The van der Waals surface area contributed by atoms with E-state index < -0.39 is 9.84 Å². The van der Waals surface area contributed by atoms with Crippen molar-refractivity contribution in [2.24, 2.45) is 0 Å². The van der Waals surface area contributed by atoms with Gasteiger partial charge in [-0.25, -0.2) is 8.42 Å². The van der Waals surface area contributed by atoms with E-state index in [1.807, 2.05) is 30.3 Å². The number of sulfone groups is 1. The van der Waals surface area contributed by atoms with Gasteiger partial charge < -0.3 is 11.1 Å². The zero-order chi connectivity index (χ0) is 14.8. The van der Waals surface area contributed by atoms with Crippen LogP contribution in [0, 0.1) is 0 Å². The van der Waals surface area contributed by atoms with Gasteiger partial charge in [0.25, 0.3) is 0 Å². The fourth-order valence-corrected chi connectivity index (χ4v) is 3.98. The molecule has 0 aliphatic carbocycles. The summed E-state index contributed by atoms with van der Waals surface area (Å²) < 4.78 is 27.3. The molecule has 20 heavy (non-hydrogen) atoms. The molecule has 1 aromatic carbocycles. The predicted molar refractivity (Wildman–Crippen MR) is 83.0 cm³/mol. The third-order valence-corrected chi connectivity index (χ3v) is 5.09. The van der Waals surface area contributed by atoms with E-state index in [-0.39, 0.29) is 16.6 Å². The SMILES string of the molecule is CC(CNc1snc(N)c1S(C)(=O)=O)c1ccccc1. The molecular formula is C13H17N3O2S2. The lowest BCUT2D eigenvalue weighted by Crippen LogP contribution is -2.11. The normalized spacial score (nSPS) is 13.1. The van der Waals surface area contributed by atoms with Crippen molar-refractivity contribution in [2.45, 2.75) is 17.7 Å². The van der Waals surface area contributed by atoms with Gasteiger partial charge >= 0.3 is 0 Å². The van der Waals surface area contributed by atoms with E-state index >= 15 is 0 Å². The molecule has 0 fully saturated rings. The van der Waals surface area contributed by atoms with E-state index in [4.69, 9.17) is 5.73 Å². The first-order valence-corrected chi connectivity index (χ1v) is 8.80. The predicted octanol–water partition coefficient (Wildman–Crippen LogP) is 2.34. The van der Waals surface area contributed by atoms with Gasteiger partial charge in [-0.15, -0.1) is 0 Å². The zero-order valence-electron chi connectivity index (χ0n) is 11.3. The Morgan fingerprint density at radius 2 is 2.00 bits per heavy atom. The molecule has 0 bridgehead atoms. The number of hydrogen-bond acceptors (Lipinski definition) is 6. The summed E-state index contributed by atoms with van der Waals surface area (Å²) in [7, 11) is -3.37. The van der Waals surface area contributed by atoms with Crippen molar-refractivity contribution in [3.63, 3.8) is 0 Å². The highest BCUT2D eigenvalue weighted by molar-refractivity contribution is 7.91. The first-order chi connectivity index (χ1) is 9.39. The summed E-state index contributed by atoms with van der Waals surface area (Å²) in [4.78, 5) is 0.0998. The fraction of sp³-hybridized carbons (Fsp3) is 0.308. The lowest BCUT2D eigenvalue weighted by Gasteiger charge is -2.13. The number of hydrogen-bond donors (Lipinski definition) is 2. The van der Waals surface area contributed by atoms with E-state index in [2.05, 4.69) is 16.6 Å². The Hall–Kier alpha value is -1.60. The fourth-order valence-electron chi connectivity index (χ4n) is 1.91. The van der Waals surface area contributed by atoms with Crippen molar-refractivity contribution in [3.8, 4) is 0 Å². The van der Waals surface area contributed by atoms with Crippen molar-refractivity contribution >= 4 is 32.2 Å². The lowest BCUT2D eigenvalue weighted by atomic mass is 10.0.